The highest BCUT2D eigenvalue weighted by Gasteiger charge is 2.04. The van der Waals surface area contributed by atoms with Crippen molar-refractivity contribution in [2.45, 2.75) is 0 Å². The first-order valence-corrected chi connectivity index (χ1v) is 5.60. The fourth-order valence-corrected chi connectivity index (χ4v) is 1.69. The summed E-state index contributed by atoms with van der Waals surface area (Å²) in [6.45, 7) is 0. The van der Waals surface area contributed by atoms with Gasteiger partial charge in [-0.1, -0.05) is 12.1 Å². The maximum Gasteiger partial charge on any atom is 0.142 e. The van der Waals surface area contributed by atoms with Gasteiger partial charge in [-0.25, -0.2) is 4.98 Å². The quantitative estimate of drug-likeness (QED) is 0.893. The molecule has 0 saturated heterocycles. The van der Waals surface area contributed by atoms with Gasteiger partial charge in [-0.3, -0.25) is 0 Å². The summed E-state index contributed by atoms with van der Waals surface area (Å²) >= 11 is 0. The maximum atomic E-state index is 8.82. The van der Waals surface area contributed by atoms with Crippen LogP contribution in [0.2, 0.25) is 0 Å². The number of para-hydroxylation sites is 2. The van der Waals surface area contributed by atoms with Crippen molar-refractivity contribution in [2.24, 2.45) is 0 Å². The minimum Gasteiger partial charge on any atom is -0.376 e. The molecule has 1 heterocycles. The summed E-state index contributed by atoms with van der Waals surface area (Å²) in [4.78, 5) is 5.98. The number of pyridine rings is 1. The second-order valence-corrected chi connectivity index (χ2v) is 4.08. The maximum absolute atomic E-state index is 8.82. The molecule has 1 aromatic heterocycles. The normalized spacial score (nSPS) is 9.61. The van der Waals surface area contributed by atoms with E-state index in [1.807, 2.05) is 55.4 Å². The number of nitrogens with one attached hydrogen (secondary N) is 1. The first-order valence-electron chi connectivity index (χ1n) is 5.60. The average molecular weight is 238 g/mol. The van der Waals surface area contributed by atoms with Crippen molar-refractivity contribution >= 4 is 17.1 Å². The monoisotopic (exact) mass is 238 g/mol. The Bertz CT molecular complexity index is 584. The number of nitriles is 1. The molecule has 4 heteroatoms. The Labute approximate surface area is 107 Å². The summed E-state index contributed by atoms with van der Waals surface area (Å²) in [5.74, 6) is 0. The number of nitrogens with zero attached hydrogens (tertiary/aromatic N) is 3. The fraction of sp³-hybridized carbons (Fsp3) is 0.143. The molecule has 0 aliphatic rings. The number of benzene rings is 1. The molecular weight excluding hydrogens is 224 g/mol. The van der Waals surface area contributed by atoms with Crippen LogP contribution >= 0.6 is 0 Å². The van der Waals surface area contributed by atoms with Gasteiger partial charge in [0, 0.05) is 26.0 Å². The van der Waals surface area contributed by atoms with Crippen LogP contribution in [0.25, 0.3) is 0 Å². The van der Waals surface area contributed by atoms with Crippen molar-refractivity contribution in [1.82, 2.24) is 4.98 Å². The van der Waals surface area contributed by atoms with Gasteiger partial charge in [0.25, 0.3) is 0 Å². The van der Waals surface area contributed by atoms with Gasteiger partial charge >= 0.3 is 0 Å². The highest BCUT2D eigenvalue weighted by Crippen LogP contribution is 2.26. The van der Waals surface area contributed by atoms with Crippen molar-refractivity contribution < 1.29 is 0 Å². The molecule has 0 saturated carbocycles. The lowest BCUT2D eigenvalue weighted by Gasteiger charge is -2.18. The lowest BCUT2D eigenvalue weighted by atomic mass is 10.2. The van der Waals surface area contributed by atoms with Gasteiger partial charge in [0.2, 0.25) is 0 Å². The van der Waals surface area contributed by atoms with Gasteiger partial charge in [-0.15, -0.1) is 0 Å². The number of rotatable bonds is 3. The van der Waals surface area contributed by atoms with E-state index in [9.17, 15) is 0 Å². The molecule has 2 rings (SSSR count). The summed E-state index contributed by atoms with van der Waals surface area (Å²) in [5.41, 5.74) is 3.35. The smallest absolute Gasteiger partial charge is 0.142 e. The predicted octanol–water partition coefficient (Wildman–Crippen LogP) is 2.76. The van der Waals surface area contributed by atoms with Crippen LogP contribution < -0.4 is 10.2 Å². The van der Waals surface area contributed by atoms with Gasteiger partial charge in [0.05, 0.1) is 11.4 Å². The molecule has 90 valence electrons. The van der Waals surface area contributed by atoms with Crippen molar-refractivity contribution in [3.63, 3.8) is 0 Å². The molecule has 0 unspecified atom stereocenters. The van der Waals surface area contributed by atoms with Crippen molar-refractivity contribution in [3.8, 4) is 6.07 Å². The number of anilines is 3. The molecule has 0 bridgehead atoms. The first-order chi connectivity index (χ1) is 8.70. The van der Waals surface area contributed by atoms with Crippen LogP contribution in [-0.2, 0) is 0 Å². The third-order valence-electron chi connectivity index (χ3n) is 2.54. The lowest BCUT2D eigenvalue weighted by molar-refractivity contribution is 1.13. The van der Waals surface area contributed by atoms with Gasteiger partial charge in [-0.2, -0.15) is 5.26 Å². The Balaban J connectivity index is 2.31. The second-order valence-electron chi connectivity index (χ2n) is 4.08. The highest BCUT2D eigenvalue weighted by atomic mass is 15.1. The van der Waals surface area contributed by atoms with Crippen LogP contribution in [-0.4, -0.2) is 19.1 Å². The van der Waals surface area contributed by atoms with E-state index in [0.29, 0.717) is 5.69 Å². The first kappa shape index (κ1) is 11.9. The Morgan fingerprint density at radius 2 is 2.00 bits per heavy atom. The largest absolute Gasteiger partial charge is 0.376 e. The van der Waals surface area contributed by atoms with E-state index in [2.05, 4.69) is 10.3 Å². The molecule has 0 amide bonds. The fourth-order valence-electron chi connectivity index (χ4n) is 1.69. The summed E-state index contributed by atoms with van der Waals surface area (Å²) in [7, 11) is 3.99. The van der Waals surface area contributed by atoms with Crippen LogP contribution in [0.15, 0.2) is 42.6 Å². The Morgan fingerprint density at radius 1 is 1.22 bits per heavy atom. The average Bonchev–Trinajstić information content (AvgIpc) is 2.39. The van der Waals surface area contributed by atoms with Gasteiger partial charge < -0.3 is 10.2 Å². The van der Waals surface area contributed by atoms with E-state index < -0.39 is 0 Å². The molecule has 0 spiro atoms. The standard InChI is InChI=1S/C14H14N4/c1-18(2)14-6-4-3-5-13(14)17-11-7-8-16-12(9-11)10-15/h3-9H,1-2H3,(H,16,17). The zero-order valence-electron chi connectivity index (χ0n) is 10.4. The van der Waals surface area contributed by atoms with Crippen LogP contribution in [0.3, 0.4) is 0 Å². The molecule has 0 fully saturated rings. The van der Waals surface area contributed by atoms with Crippen molar-refractivity contribution in [1.29, 1.82) is 5.26 Å². The molecule has 0 radical (unpaired) electrons. The summed E-state index contributed by atoms with van der Waals surface area (Å²) in [6.07, 6.45) is 1.62. The van der Waals surface area contributed by atoms with Crippen molar-refractivity contribution in [2.75, 3.05) is 24.3 Å². The van der Waals surface area contributed by atoms with E-state index in [0.717, 1.165) is 17.1 Å². The van der Waals surface area contributed by atoms with Gasteiger partial charge in [-0.05, 0) is 24.3 Å². The molecule has 18 heavy (non-hydrogen) atoms. The van der Waals surface area contributed by atoms with Crippen LogP contribution in [0.5, 0.6) is 0 Å². The Morgan fingerprint density at radius 3 is 2.72 bits per heavy atom. The third-order valence-corrected chi connectivity index (χ3v) is 2.54. The molecule has 2 aromatic rings. The van der Waals surface area contributed by atoms with Crippen molar-refractivity contribution in [3.05, 3.63) is 48.3 Å². The van der Waals surface area contributed by atoms with Crippen LogP contribution in [0, 0.1) is 11.3 Å². The molecule has 0 aliphatic heterocycles. The Kier molecular flexibility index (Phi) is 3.44. The predicted molar refractivity (Wildman–Crippen MR) is 73.0 cm³/mol. The molecule has 0 aliphatic carbocycles. The Hall–Kier alpha value is -2.54. The van der Waals surface area contributed by atoms with E-state index >= 15 is 0 Å². The second kappa shape index (κ2) is 5.19. The summed E-state index contributed by atoms with van der Waals surface area (Å²) in [5, 5.41) is 12.1. The zero-order valence-corrected chi connectivity index (χ0v) is 10.4. The van der Waals surface area contributed by atoms with E-state index in [-0.39, 0.29) is 0 Å². The lowest BCUT2D eigenvalue weighted by Crippen LogP contribution is -2.10. The zero-order chi connectivity index (χ0) is 13.0. The minimum absolute atomic E-state index is 0.405. The summed E-state index contributed by atoms with van der Waals surface area (Å²) in [6, 6.07) is 13.6. The van der Waals surface area contributed by atoms with Gasteiger partial charge in [0.1, 0.15) is 11.8 Å². The molecular formula is C14H14N4. The number of hydrogen-bond acceptors (Lipinski definition) is 4. The minimum atomic E-state index is 0.405. The highest BCUT2D eigenvalue weighted by molar-refractivity contribution is 5.74. The van der Waals surface area contributed by atoms with E-state index in [1.165, 1.54) is 0 Å². The van der Waals surface area contributed by atoms with Crippen LogP contribution in [0.1, 0.15) is 5.69 Å². The van der Waals surface area contributed by atoms with Crippen LogP contribution in [0.4, 0.5) is 17.1 Å². The molecule has 1 N–H and O–H groups in total. The van der Waals surface area contributed by atoms with E-state index in [1.54, 1.807) is 12.3 Å². The number of hydrogen-bond donors (Lipinski definition) is 1. The van der Waals surface area contributed by atoms with Gasteiger partial charge in [0.15, 0.2) is 0 Å². The molecule has 1 aromatic carbocycles. The SMILES string of the molecule is CN(C)c1ccccc1Nc1ccnc(C#N)c1. The molecule has 0 atom stereocenters. The topological polar surface area (TPSA) is 52.0 Å². The summed E-state index contributed by atoms with van der Waals surface area (Å²) < 4.78 is 0. The number of aromatic nitrogens is 1. The third kappa shape index (κ3) is 2.58. The van der Waals surface area contributed by atoms with E-state index in [4.69, 9.17) is 5.26 Å². The molecule has 4 nitrogen and oxygen atoms in total.